The Labute approximate surface area is 122 Å². The quantitative estimate of drug-likeness (QED) is 0.773. The van der Waals surface area contributed by atoms with Crippen LogP contribution in [-0.4, -0.2) is 26.3 Å². The third kappa shape index (κ3) is 2.84. The smallest absolute Gasteiger partial charge is 0.0772 e. The molecule has 1 aromatic carbocycles. The van der Waals surface area contributed by atoms with Crippen molar-refractivity contribution in [2.75, 3.05) is 25.1 Å². The lowest BCUT2D eigenvalue weighted by Gasteiger charge is -2.38. The number of methoxy groups -OCH3 is 1. The van der Waals surface area contributed by atoms with Crippen LogP contribution in [-0.2, 0) is 10.1 Å². The van der Waals surface area contributed by atoms with Crippen LogP contribution in [0.25, 0.3) is 0 Å². The van der Waals surface area contributed by atoms with Crippen LogP contribution in [0.4, 0.5) is 5.69 Å². The highest BCUT2D eigenvalue weighted by Gasteiger charge is 2.28. The summed E-state index contributed by atoms with van der Waals surface area (Å²) >= 11 is 9.90. The predicted molar refractivity (Wildman–Crippen MR) is 80.9 cm³/mol. The SMILES string of the molecule is COC1CN(c2c(Cl)cccc2CBr)CCC1C. The molecule has 2 unspecified atom stereocenters. The number of benzene rings is 1. The molecule has 0 aromatic heterocycles. The molecule has 0 aliphatic carbocycles. The first kappa shape index (κ1) is 14.2. The Morgan fingerprint density at radius 2 is 2.28 bits per heavy atom. The summed E-state index contributed by atoms with van der Waals surface area (Å²) in [5.41, 5.74) is 2.40. The topological polar surface area (TPSA) is 12.5 Å². The zero-order valence-electron chi connectivity index (χ0n) is 10.8. The molecule has 1 aromatic rings. The molecule has 0 spiro atoms. The average molecular weight is 333 g/mol. The Hall–Kier alpha value is -0.250. The first-order chi connectivity index (χ1) is 8.67. The Balaban J connectivity index is 2.26. The number of rotatable bonds is 3. The van der Waals surface area contributed by atoms with Gasteiger partial charge in [-0.15, -0.1) is 0 Å². The van der Waals surface area contributed by atoms with Crippen molar-refractivity contribution in [1.29, 1.82) is 0 Å². The van der Waals surface area contributed by atoms with Crippen LogP contribution in [0.3, 0.4) is 0 Å². The molecule has 1 aliphatic heterocycles. The maximum atomic E-state index is 6.37. The second-order valence-electron chi connectivity index (χ2n) is 4.87. The molecule has 4 heteroatoms. The minimum absolute atomic E-state index is 0.290. The van der Waals surface area contributed by atoms with E-state index in [1.165, 1.54) is 5.56 Å². The zero-order valence-corrected chi connectivity index (χ0v) is 13.2. The van der Waals surface area contributed by atoms with Crippen LogP contribution in [0.1, 0.15) is 18.9 Å². The molecule has 1 saturated heterocycles. The normalized spacial score (nSPS) is 24.3. The van der Waals surface area contributed by atoms with Crippen LogP contribution in [0.15, 0.2) is 18.2 Å². The highest BCUT2D eigenvalue weighted by molar-refractivity contribution is 9.08. The molecule has 100 valence electrons. The molecule has 18 heavy (non-hydrogen) atoms. The Bertz CT molecular complexity index is 413. The lowest BCUT2D eigenvalue weighted by Crippen LogP contribution is -2.44. The first-order valence-corrected chi connectivity index (χ1v) is 7.78. The summed E-state index contributed by atoms with van der Waals surface area (Å²) in [5.74, 6) is 0.612. The largest absolute Gasteiger partial charge is 0.379 e. The van der Waals surface area contributed by atoms with E-state index in [1.54, 1.807) is 7.11 Å². The number of nitrogens with zero attached hydrogens (tertiary/aromatic N) is 1. The van der Waals surface area contributed by atoms with Gasteiger partial charge in [-0.2, -0.15) is 0 Å². The van der Waals surface area contributed by atoms with Crippen LogP contribution in [0.5, 0.6) is 0 Å². The van der Waals surface area contributed by atoms with Crippen molar-refractivity contribution in [2.24, 2.45) is 5.92 Å². The number of hydrogen-bond acceptors (Lipinski definition) is 2. The molecular weight excluding hydrogens is 314 g/mol. The van der Waals surface area contributed by atoms with E-state index in [4.69, 9.17) is 16.3 Å². The molecule has 2 atom stereocenters. The van der Waals surface area contributed by atoms with Gasteiger partial charge in [0, 0.05) is 25.5 Å². The van der Waals surface area contributed by atoms with Gasteiger partial charge in [-0.05, 0) is 24.0 Å². The summed E-state index contributed by atoms with van der Waals surface area (Å²) in [6.07, 6.45) is 1.43. The van der Waals surface area contributed by atoms with Crippen molar-refractivity contribution in [2.45, 2.75) is 24.8 Å². The number of para-hydroxylation sites is 1. The van der Waals surface area contributed by atoms with E-state index in [-0.39, 0.29) is 6.10 Å². The fourth-order valence-electron chi connectivity index (χ4n) is 2.57. The number of alkyl halides is 1. The van der Waals surface area contributed by atoms with Crippen LogP contribution >= 0.6 is 27.5 Å². The van der Waals surface area contributed by atoms with E-state index in [0.29, 0.717) is 5.92 Å². The van der Waals surface area contributed by atoms with E-state index in [0.717, 1.165) is 35.6 Å². The second kappa shape index (κ2) is 6.27. The van der Waals surface area contributed by atoms with Gasteiger partial charge >= 0.3 is 0 Å². The standard InChI is InChI=1S/C14H19BrClNO/c1-10-6-7-17(9-13(10)18-2)14-11(8-15)4-3-5-12(14)16/h3-5,10,13H,6-9H2,1-2H3. The number of ether oxygens (including phenoxy) is 1. The highest BCUT2D eigenvalue weighted by atomic mass is 79.9. The third-order valence-electron chi connectivity index (χ3n) is 3.72. The monoisotopic (exact) mass is 331 g/mol. The molecule has 2 rings (SSSR count). The lowest BCUT2D eigenvalue weighted by atomic mass is 9.95. The van der Waals surface area contributed by atoms with Gasteiger partial charge in [0.15, 0.2) is 0 Å². The maximum absolute atomic E-state index is 6.37. The number of piperidine rings is 1. The molecule has 1 heterocycles. The molecule has 0 N–H and O–H groups in total. The summed E-state index contributed by atoms with van der Waals surface area (Å²) in [4.78, 5) is 2.35. The summed E-state index contributed by atoms with van der Waals surface area (Å²) in [7, 11) is 1.79. The fourth-order valence-corrected chi connectivity index (χ4v) is 3.33. The van der Waals surface area contributed by atoms with E-state index in [2.05, 4.69) is 33.8 Å². The van der Waals surface area contributed by atoms with Gasteiger partial charge in [0.2, 0.25) is 0 Å². The maximum Gasteiger partial charge on any atom is 0.0772 e. The minimum atomic E-state index is 0.290. The number of hydrogen-bond donors (Lipinski definition) is 0. The van der Waals surface area contributed by atoms with Crippen molar-refractivity contribution in [3.05, 3.63) is 28.8 Å². The van der Waals surface area contributed by atoms with Gasteiger partial charge in [0.25, 0.3) is 0 Å². The zero-order chi connectivity index (χ0) is 13.1. The lowest BCUT2D eigenvalue weighted by molar-refractivity contribution is 0.0498. The fraction of sp³-hybridized carbons (Fsp3) is 0.571. The summed E-state index contributed by atoms with van der Waals surface area (Å²) in [6, 6.07) is 6.08. The van der Waals surface area contributed by atoms with Gasteiger partial charge in [-0.25, -0.2) is 0 Å². The molecule has 1 fully saturated rings. The number of anilines is 1. The Kier molecular flexibility index (Phi) is 4.93. The Morgan fingerprint density at radius 1 is 1.50 bits per heavy atom. The molecule has 0 amide bonds. The van der Waals surface area contributed by atoms with Crippen molar-refractivity contribution in [1.82, 2.24) is 0 Å². The van der Waals surface area contributed by atoms with E-state index >= 15 is 0 Å². The van der Waals surface area contributed by atoms with Gasteiger partial charge in [-0.3, -0.25) is 0 Å². The van der Waals surface area contributed by atoms with Crippen LogP contribution in [0, 0.1) is 5.92 Å². The van der Waals surface area contributed by atoms with E-state index in [9.17, 15) is 0 Å². The summed E-state index contributed by atoms with van der Waals surface area (Å²) < 4.78 is 5.57. The van der Waals surface area contributed by atoms with Crippen LogP contribution in [0.2, 0.25) is 5.02 Å². The van der Waals surface area contributed by atoms with Gasteiger partial charge in [0.1, 0.15) is 0 Å². The van der Waals surface area contributed by atoms with E-state index in [1.807, 2.05) is 12.1 Å². The second-order valence-corrected chi connectivity index (χ2v) is 5.84. The molecule has 1 aliphatic rings. The van der Waals surface area contributed by atoms with Gasteiger partial charge in [0.05, 0.1) is 16.8 Å². The van der Waals surface area contributed by atoms with Crippen molar-refractivity contribution >= 4 is 33.2 Å². The van der Waals surface area contributed by atoms with Crippen molar-refractivity contribution in [3.8, 4) is 0 Å². The predicted octanol–water partition coefficient (Wildman–Crippen LogP) is 4.10. The summed E-state index contributed by atoms with van der Waals surface area (Å²) in [5, 5.41) is 1.66. The van der Waals surface area contributed by atoms with Crippen molar-refractivity contribution in [3.63, 3.8) is 0 Å². The molecule has 2 nitrogen and oxygen atoms in total. The summed E-state index contributed by atoms with van der Waals surface area (Å²) in [6.45, 7) is 4.22. The highest BCUT2D eigenvalue weighted by Crippen LogP contribution is 2.34. The van der Waals surface area contributed by atoms with Crippen molar-refractivity contribution < 1.29 is 4.74 Å². The molecule has 0 bridgehead atoms. The number of halogens is 2. The van der Waals surface area contributed by atoms with E-state index < -0.39 is 0 Å². The molecule has 0 radical (unpaired) electrons. The van der Waals surface area contributed by atoms with Crippen LogP contribution < -0.4 is 4.90 Å². The average Bonchev–Trinajstić information content (AvgIpc) is 2.39. The minimum Gasteiger partial charge on any atom is -0.379 e. The Morgan fingerprint density at radius 3 is 2.94 bits per heavy atom. The first-order valence-electron chi connectivity index (χ1n) is 6.28. The van der Waals surface area contributed by atoms with Gasteiger partial charge in [-0.1, -0.05) is 46.6 Å². The molecule has 0 saturated carbocycles. The van der Waals surface area contributed by atoms with Gasteiger partial charge < -0.3 is 9.64 Å². The molecular formula is C14H19BrClNO. The third-order valence-corrected chi connectivity index (χ3v) is 4.63.